The number of hydrogen-bond donors (Lipinski definition) is 2. The molecule has 3 N–H and O–H groups in total. The monoisotopic (exact) mass is 217 g/mol. The van der Waals surface area contributed by atoms with E-state index in [1.54, 1.807) is 4.68 Å². The minimum Gasteiger partial charge on any atom is -0.394 e. The van der Waals surface area contributed by atoms with Gasteiger partial charge in [-0.2, -0.15) is 5.10 Å². The predicted octanol–water partition coefficient (Wildman–Crippen LogP) is 1.43. The largest absolute Gasteiger partial charge is 0.394 e. The molecular formula is C12H15N3O. The van der Waals surface area contributed by atoms with Crippen molar-refractivity contribution in [1.82, 2.24) is 9.78 Å². The van der Waals surface area contributed by atoms with E-state index in [9.17, 15) is 0 Å². The molecule has 1 heterocycles. The lowest BCUT2D eigenvalue weighted by Gasteiger charge is -2.01. The Kier molecular flexibility index (Phi) is 2.92. The van der Waals surface area contributed by atoms with E-state index < -0.39 is 0 Å². The molecule has 2 aromatic rings. The Balaban J connectivity index is 2.42. The zero-order valence-electron chi connectivity index (χ0n) is 9.22. The molecule has 1 aromatic carbocycles. The Bertz CT molecular complexity index is 491. The van der Waals surface area contributed by atoms with Crippen molar-refractivity contribution >= 4 is 5.82 Å². The Morgan fingerprint density at radius 1 is 1.38 bits per heavy atom. The SMILES string of the molecule is Cc1ccccc1-c1cc(N)n(CCO)n1. The Labute approximate surface area is 94.3 Å². The van der Waals surface area contributed by atoms with Crippen LogP contribution in [-0.4, -0.2) is 21.5 Å². The summed E-state index contributed by atoms with van der Waals surface area (Å²) in [5.41, 5.74) is 8.89. The summed E-state index contributed by atoms with van der Waals surface area (Å²) in [7, 11) is 0. The van der Waals surface area contributed by atoms with Crippen LogP contribution in [0.1, 0.15) is 5.56 Å². The number of aromatic nitrogens is 2. The molecule has 0 fully saturated rings. The van der Waals surface area contributed by atoms with Crippen molar-refractivity contribution in [2.45, 2.75) is 13.5 Å². The molecule has 16 heavy (non-hydrogen) atoms. The third-order valence-corrected chi connectivity index (χ3v) is 2.54. The normalized spacial score (nSPS) is 10.6. The van der Waals surface area contributed by atoms with Crippen LogP contribution in [-0.2, 0) is 6.54 Å². The number of hydrogen-bond acceptors (Lipinski definition) is 3. The van der Waals surface area contributed by atoms with Gasteiger partial charge in [-0.1, -0.05) is 24.3 Å². The van der Waals surface area contributed by atoms with Crippen LogP contribution in [0, 0.1) is 6.92 Å². The van der Waals surface area contributed by atoms with E-state index in [4.69, 9.17) is 10.8 Å². The van der Waals surface area contributed by atoms with Gasteiger partial charge in [-0.25, -0.2) is 4.68 Å². The quantitative estimate of drug-likeness (QED) is 0.817. The molecule has 0 aliphatic rings. The predicted molar refractivity (Wildman–Crippen MR) is 63.9 cm³/mol. The van der Waals surface area contributed by atoms with E-state index in [0.29, 0.717) is 12.4 Å². The number of aryl methyl sites for hydroxylation is 1. The Morgan fingerprint density at radius 2 is 2.12 bits per heavy atom. The van der Waals surface area contributed by atoms with E-state index in [-0.39, 0.29) is 6.61 Å². The van der Waals surface area contributed by atoms with Gasteiger partial charge in [-0.15, -0.1) is 0 Å². The fraction of sp³-hybridized carbons (Fsp3) is 0.250. The van der Waals surface area contributed by atoms with Gasteiger partial charge >= 0.3 is 0 Å². The summed E-state index contributed by atoms with van der Waals surface area (Å²) in [5.74, 6) is 0.576. The van der Waals surface area contributed by atoms with Gasteiger partial charge in [0.1, 0.15) is 5.82 Å². The highest BCUT2D eigenvalue weighted by molar-refractivity contribution is 5.65. The van der Waals surface area contributed by atoms with Crippen molar-refractivity contribution in [2.24, 2.45) is 0 Å². The topological polar surface area (TPSA) is 64.1 Å². The van der Waals surface area contributed by atoms with Crippen molar-refractivity contribution in [3.8, 4) is 11.3 Å². The zero-order chi connectivity index (χ0) is 11.5. The summed E-state index contributed by atoms with van der Waals surface area (Å²) in [6.45, 7) is 2.51. The maximum Gasteiger partial charge on any atom is 0.122 e. The highest BCUT2D eigenvalue weighted by atomic mass is 16.3. The first-order valence-corrected chi connectivity index (χ1v) is 5.22. The van der Waals surface area contributed by atoms with Crippen LogP contribution in [0.15, 0.2) is 30.3 Å². The standard InChI is InChI=1S/C12H15N3O/c1-9-4-2-3-5-10(9)11-8-12(13)15(14-11)6-7-16/h2-5,8,16H,6-7,13H2,1H3. The smallest absolute Gasteiger partial charge is 0.122 e. The summed E-state index contributed by atoms with van der Waals surface area (Å²) in [5, 5.41) is 13.2. The van der Waals surface area contributed by atoms with Crippen LogP contribution >= 0.6 is 0 Å². The summed E-state index contributed by atoms with van der Waals surface area (Å²) in [6.07, 6.45) is 0. The highest BCUT2D eigenvalue weighted by Gasteiger charge is 2.08. The first-order chi connectivity index (χ1) is 7.72. The number of nitrogen functional groups attached to an aromatic ring is 1. The molecule has 0 bridgehead atoms. The second kappa shape index (κ2) is 4.37. The Hall–Kier alpha value is -1.81. The number of anilines is 1. The molecule has 0 amide bonds. The Morgan fingerprint density at radius 3 is 2.81 bits per heavy atom. The first kappa shape index (κ1) is 10.7. The van der Waals surface area contributed by atoms with E-state index >= 15 is 0 Å². The molecule has 0 spiro atoms. The number of aliphatic hydroxyl groups is 1. The van der Waals surface area contributed by atoms with Gasteiger partial charge in [0.05, 0.1) is 18.8 Å². The highest BCUT2D eigenvalue weighted by Crippen LogP contribution is 2.23. The second-order valence-electron chi connectivity index (χ2n) is 3.72. The molecule has 0 aliphatic carbocycles. The fourth-order valence-electron chi connectivity index (χ4n) is 1.70. The van der Waals surface area contributed by atoms with E-state index in [1.165, 1.54) is 0 Å². The summed E-state index contributed by atoms with van der Waals surface area (Å²) in [6, 6.07) is 9.85. The van der Waals surface area contributed by atoms with E-state index in [0.717, 1.165) is 16.8 Å². The molecule has 0 saturated heterocycles. The first-order valence-electron chi connectivity index (χ1n) is 5.22. The average molecular weight is 217 g/mol. The fourth-order valence-corrected chi connectivity index (χ4v) is 1.70. The number of rotatable bonds is 3. The molecule has 2 rings (SSSR count). The molecule has 4 nitrogen and oxygen atoms in total. The van der Waals surface area contributed by atoms with Crippen LogP contribution in [0.2, 0.25) is 0 Å². The van der Waals surface area contributed by atoms with Gasteiger partial charge in [0.25, 0.3) is 0 Å². The summed E-state index contributed by atoms with van der Waals surface area (Å²) in [4.78, 5) is 0. The third-order valence-electron chi connectivity index (χ3n) is 2.54. The molecule has 1 aromatic heterocycles. The minimum atomic E-state index is 0.0408. The minimum absolute atomic E-state index is 0.0408. The van der Waals surface area contributed by atoms with Gasteiger partial charge in [0, 0.05) is 11.6 Å². The van der Waals surface area contributed by atoms with Crippen molar-refractivity contribution in [2.75, 3.05) is 12.3 Å². The van der Waals surface area contributed by atoms with Crippen molar-refractivity contribution in [3.05, 3.63) is 35.9 Å². The van der Waals surface area contributed by atoms with E-state index in [1.807, 2.05) is 37.3 Å². The van der Waals surface area contributed by atoms with Crippen molar-refractivity contribution in [1.29, 1.82) is 0 Å². The van der Waals surface area contributed by atoms with Gasteiger partial charge in [-0.3, -0.25) is 0 Å². The van der Waals surface area contributed by atoms with Gasteiger partial charge in [0.2, 0.25) is 0 Å². The molecule has 4 heteroatoms. The zero-order valence-corrected chi connectivity index (χ0v) is 9.22. The third kappa shape index (κ3) is 1.92. The molecule has 84 valence electrons. The van der Waals surface area contributed by atoms with Gasteiger partial charge in [-0.05, 0) is 12.5 Å². The van der Waals surface area contributed by atoms with E-state index in [2.05, 4.69) is 5.10 Å². The lowest BCUT2D eigenvalue weighted by atomic mass is 10.1. The van der Waals surface area contributed by atoms with Crippen LogP contribution in [0.3, 0.4) is 0 Å². The number of nitrogens with zero attached hydrogens (tertiary/aromatic N) is 2. The molecule has 0 aliphatic heterocycles. The summed E-state index contributed by atoms with van der Waals surface area (Å²) >= 11 is 0. The van der Waals surface area contributed by atoms with Crippen LogP contribution in [0.4, 0.5) is 5.82 Å². The lowest BCUT2D eigenvalue weighted by molar-refractivity contribution is 0.270. The number of aliphatic hydroxyl groups excluding tert-OH is 1. The summed E-state index contributed by atoms with van der Waals surface area (Å²) < 4.78 is 1.61. The maximum atomic E-state index is 8.86. The molecule has 0 unspecified atom stereocenters. The lowest BCUT2D eigenvalue weighted by Crippen LogP contribution is -2.07. The van der Waals surface area contributed by atoms with Crippen LogP contribution < -0.4 is 5.73 Å². The van der Waals surface area contributed by atoms with Gasteiger partial charge in [0.15, 0.2) is 0 Å². The molecule has 0 radical (unpaired) electrons. The average Bonchev–Trinajstić information content (AvgIpc) is 2.61. The number of nitrogens with two attached hydrogens (primary N) is 1. The second-order valence-corrected chi connectivity index (χ2v) is 3.72. The molecule has 0 saturated carbocycles. The number of benzene rings is 1. The maximum absolute atomic E-state index is 8.86. The van der Waals surface area contributed by atoms with Crippen LogP contribution in [0.25, 0.3) is 11.3 Å². The van der Waals surface area contributed by atoms with Crippen LogP contribution in [0.5, 0.6) is 0 Å². The van der Waals surface area contributed by atoms with Crippen molar-refractivity contribution in [3.63, 3.8) is 0 Å². The molecular weight excluding hydrogens is 202 g/mol. The van der Waals surface area contributed by atoms with Gasteiger partial charge < -0.3 is 10.8 Å². The van der Waals surface area contributed by atoms with Crippen molar-refractivity contribution < 1.29 is 5.11 Å². The molecule has 0 atom stereocenters.